The molecule has 0 aliphatic carbocycles. The topological polar surface area (TPSA) is 378 Å². The predicted molar refractivity (Wildman–Crippen MR) is 219 cm³/mol. The Morgan fingerprint density at radius 1 is 0.529 bits per heavy atom. The molecule has 68 heavy (non-hydrogen) atoms. The Balaban J connectivity index is 0.00000397. The molecular weight excluding hydrogens is 1020 g/mol. The number of hydrogen-bond donors (Lipinski definition) is 4. The molecule has 0 bridgehead atoms. The Kier molecular flexibility index (Phi) is 21.3. The summed E-state index contributed by atoms with van der Waals surface area (Å²) in [6, 6.07) is 12.0. The van der Waals surface area contributed by atoms with Crippen LogP contribution in [-0.4, -0.2) is 72.1 Å². The average molecular weight is 1050 g/mol. The summed E-state index contributed by atoms with van der Waals surface area (Å²) in [6.45, 7) is 2.55. The molecule has 0 heterocycles. The van der Waals surface area contributed by atoms with Crippen molar-refractivity contribution in [2.75, 3.05) is 24.9 Å². The van der Waals surface area contributed by atoms with Gasteiger partial charge in [0.05, 0.1) is 35.4 Å². The summed E-state index contributed by atoms with van der Waals surface area (Å²) in [5, 5.41) is 46.5. The molecule has 6 aromatic rings. The number of hydrogen-bond acceptors (Lipinski definition) is 19. The van der Waals surface area contributed by atoms with Crippen LogP contribution in [0.1, 0.15) is 11.1 Å². The Hall–Kier alpha value is -2.85. The van der Waals surface area contributed by atoms with Crippen LogP contribution >= 0.6 is 0 Å². The molecule has 4 N–H and O–H groups in total. The number of nitrogens with one attached hydrogen (secondary N) is 2. The fourth-order valence-electron chi connectivity index (χ4n) is 6.25. The van der Waals surface area contributed by atoms with E-state index in [1.807, 2.05) is 0 Å². The van der Waals surface area contributed by atoms with E-state index in [0.29, 0.717) is 0 Å². The quantitative estimate of drug-likeness (QED) is 0.0503. The minimum atomic E-state index is -5.17. The maximum atomic E-state index is 13.5. The predicted octanol–water partition coefficient (Wildman–Crippen LogP) is -6.43. The van der Waals surface area contributed by atoms with Crippen molar-refractivity contribution in [1.82, 2.24) is 0 Å². The molecule has 0 atom stereocenters. The van der Waals surface area contributed by atoms with E-state index in [4.69, 9.17) is 9.47 Å². The first kappa shape index (κ1) is 61.3. The summed E-state index contributed by atoms with van der Waals surface area (Å²) in [7, 11) is -17.9. The third-order valence-corrected chi connectivity index (χ3v) is 12.8. The van der Waals surface area contributed by atoms with Crippen molar-refractivity contribution in [1.29, 1.82) is 0 Å². The van der Waals surface area contributed by atoms with E-state index in [2.05, 4.69) is 31.1 Å². The van der Waals surface area contributed by atoms with Crippen LogP contribution in [0, 0.1) is 13.8 Å². The summed E-state index contributed by atoms with van der Waals surface area (Å²) in [6.07, 6.45) is 0. The monoisotopic (exact) mass is 1050 g/mol. The number of amides is 2. The largest absolute Gasteiger partial charge is 1.00 e. The van der Waals surface area contributed by atoms with E-state index in [9.17, 15) is 66.9 Å². The van der Waals surface area contributed by atoms with Gasteiger partial charge in [-0.25, -0.2) is 21.6 Å². The Morgan fingerprint density at radius 2 is 0.868 bits per heavy atom. The standard InChI is InChI=1S/C37H32N6O17S4.4Na/c1-17-9-25(27(59-3)15-29(17)61(47,48)49)40-42-33-31(63(53,54)55)13-19-11-21(5-7-23(19)35(33)44)38-37(46)39-22-6-8-24-20(12-22)14-32(64(56,57)58)34(36(24)45)43-41-26-10-18(2)30(62(50,51)52)16-28(26)60-4;;;;/h5-16,44-45H,1-4H3,(H2,38,39,46)(H,47,48,49)(H,50,51,52)(H,53,54,55)(H,56,57,58);;;;/q;4*+1/p-4. The fraction of sp³-hybridized carbons (Fsp3) is 0.108. The normalized spacial score (nSPS) is 11.9. The number of ether oxygens (including phenoxy) is 2. The van der Waals surface area contributed by atoms with E-state index in [0.717, 1.165) is 50.6 Å². The number of carbonyl (C=O) groups excluding carboxylic acids is 1. The molecule has 0 radical (unpaired) electrons. The van der Waals surface area contributed by atoms with Gasteiger partial charge in [-0.1, -0.05) is 23.6 Å². The third kappa shape index (κ3) is 13.8. The minimum Gasteiger partial charge on any atom is -0.871 e. The molecule has 0 spiro atoms. The smallest absolute Gasteiger partial charge is 0.871 e. The van der Waals surface area contributed by atoms with Gasteiger partial charge in [0.2, 0.25) is 0 Å². The van der Waals surface area contributed by atoms with Crippen LogP contribution in [0.15, 0.2) is 113 Å². The third-order valence-electron chi connectivity index (χ3n) is 9.14. The second-order valence-corrected chi connectivity index (χ2v) is 18.9. The number of aryl methyl sites for hydroxylation is 2. The minimum absolute atomic E-state index is 0. The first-order valence-electron chi connectivity index (χ1n) is 17.4. The second-order valence-electron chi connectivity index (χ2n) is 13.4. The summed E-state index contributed by atoms with van der Waals surface area (Å²) < 4.78 is 150. The molecule has 2 amide bonds. The first-order chi connectivity index (χ1) is 29.7. The maximum absolute atomic E-state index is 13.5. The van der Waals surface area contributed by atoms with Crippen molar-refractivity contribution in [3.8, 4) is 23.0 Å². The molecule has 336 valence electrons. The maximum Gasteiger partial charge on any atom is 1.00 e. The first-order valence-corrected chi connectivity index (χ1v) is 23.1. The molecule has 23 nitrogen and oxygen atoms in total. The number of anilines is 2. The summed E-state index contributed by atoms with van der Waals surface area (Å²) in [5.41, 5.74) is -2.26. The van der Waals surface area contributed by atoms with Crippen LogP contribution < -0.4 is 149 Å². The second kappa shape index (κ2) is 23.6. The van der Waals surface area contributed by atoms with Gasteiger partial charge in [0.1, 0.15) is 52.9 Å². The molecule has 6 rings (SSSR count). The summed E-state index contributed by atoms with van der Waals surface area (Å²) in [4.78, 5) is 9.87. The molecule has 0 aliphatic rings. The summed E-state index contributed by atoms with van der Waals surface area (Å²) in [5.74, 6) is -2.61. The van der Waals surface area contributed by atoms with Gasteiger partial charge < -0.3 is 39.4 Å². The van der Waals surface area contributed by atoms with Gasteiger partial charge in [-0.15, -0.1) is 20.5 Å². The number of carbonyl (C=O) groups is 1. The van der Waals surface area contributed by atoms with Crippen LogP contribution in [0.5, 0.6) is 23.0 Å². The number of nitrogens with zero attached hydrogens (tertiary/aromatic N) is 4. The van der Waals surface area contributed by atoms with Gasteiger partial charge in [0.25, 0.3) is 20.2 Å². The van der Waals surface area contributed by atoms with Crippen molar-refractivity contribution in [3.05, 3.63) is 83.9 Å². The van der Waals surface area contributed by atoms with E-state index in [-0.39, 0.29) is 185 Å². The molecule has 0 aliphatic heterocycles. The van der Waals surface area contributed by atoms with Gasteiger partial charge in [-0.05, 0) is 95.1 Å². The number of benzene rings is 6. The number of azo groups is 2. The Morgan fingerprint density at radius 3 is 1.16 bits per heavy atom. The van der Waals surface area contributed by atoms with Crippen molar-refractivity contribution in [3.63, 3.8) is 0 Å². The molecule has 0 fully saturated rings. The SMILES string of the molecule is COc1cc(S(=O)(=O)[O-])c(C)cc1N=Nc1c(S(=O)(=O)O)cc2cc(NC(=O)Nc3ccc4c([O-])c(N=Nc5cc(C)c(S(=O)(=O)[O-])cc5OC)c(S(=O)(=O)O)cc4c3)ccc2c1[O-].[Na+].[Na+].[Na+].[Na+]. The zero-order chi connectivity index (χ0) is 47.3. The molecule has 0 saturated carbocycles. The van der Waals surface area contributed by atoms with Crippen molar-refractivity contribution in [2.45, 2.75) is 33.4 Å². The zero-order valence-corrected chi connectivity index (χ0v) is 48.1. The number of fused-ring (bicyclic) bond motifs is 2. The van der Waals surface area contributed by atoms with E-state index in [1.54, 1.807) is 0 Å². The average Bonchev–Trinajstić information content (AvgIpc) is 3.18. The molecule has 0 unspecified atom stereocenters. The van der Waals surface area contributed by atoms with Crippen LogP contribution in [-0.2, 0) is 40.5 Å². The Bertz CT molecular complexity index is 3280. The molecule has 0 saturated heterocycles. The van der Waals surface area contributed by atoms with Crippen molar-refractivity contribution in [2.24, 2.45) is 20.5 Å². The molecule has 0 aromatic heterocycles. The van der Waals surface area contributed by atoms with E-state index >= 15 is 0 Å². The zero-order valence-electron chi connectivity index (χ0n) is 36.9. The van der Waals surface area contributed by atoms with Crippen molar-refractivity contribution >= 4 is 102 Å². The number of methoxy groups -OCH3 is 2. The molecule has 31 heteroatoms. The molecular formula is C37H28N6Na4O17S4. The Labute approximate surface area is 476 Å². The van der Waals surface area contributed by atoms with Gasteiger partial charge in [0, 0.05) is 23.5 Å². The van der Waals surface area contributed by atoms with Gasteiger partial charge in [-0.2, -0.15) is 16.8 Å². The molecule has 6 aromatic carbocycles. The van der Waals surface area contributed by atoms with Crippen LogP contribution in [0.3, 0.4) is 0 Å². The number of urea groups is 1. The van der Waals surface area contributed by atoms with Crippen molar-refractivity contribution < 1.29 is 195 Å². The van der Waals surface area contributed by atoms with Crippen LogP contribution in [0.25, 0.3) is 21.5 Å². The summed E-state index contributed by atoms with van der Waals surface area (Å²) >= 11 is 0. The fourth-order valence-corrected chi connectivity index (χ4v) is 8.96. The van der Waals surface area contributed by atoms with Crippen LogP contribution in [0.2, 0.25) is 0 Å². The van der Waals surface area contributed by atoms with Crippen LogP contribution in [0.4, 0.5) is 38.9 Å². The van der Waals surface area contributed by atoms with Gasteiger partial charge >= 0.3 is 124 Å². The van der Waals surface area contributed by atoms with E-state index < -0.39 is 89.0 Å². The van der Waals surface area contributed by atoms with Gasteiger partial charge in [-0.3, -0.25) is 9.11 Å². The van der Waals surface area contributed by atoms with E-state index in [1.165, 1.54) is 50.2 Å². The van der Waals surface area contributed by atoms with Gasteiger partial charge in [0.15, 0.2) is 0 Å². The number of rotatable bonds is 12.